The third-order valence-electron chi connectivity index (χ3n) is 4.15. The molecule has 1 aromatic heterocycles. The number of halogens is 1. The second-order valence-corrected chi connectivity index (χ2v) is 7.29. The Morgan fingerprint density at radius 3 is 2.91 bits per heavy atom. The maximum Gasteiger partial charge on any atom is 0.302 e. The van der Waals surface area contributed by atoms with Crippen molar-refractivity contribution in [2.24, 2.45) is 5.92 Å². The van der Waals surface area contributed by atoms with Crippen molar-refractivity contribution in [1.82, 2.24) is 9.88 Å². The number of benzene rings is 1. The van der Waals surface area contributed by atoms with Crippen LogP contribution in [0.1, 0.15) is 12.0 Å². The number of carbonyl (C=O) groups excluding carboxylic acids is 1. The highest BCUT2D eigenvalue weighted by Crippen LogP contribution is 2.22. The van der Waals surface area contributed by atoms with E-state index in [9.17, 15) is 17.1 Å². The van der Waals surface area contributed by atoms with E-state index in [1.165, 1.54) is 0 Å². The highest BCUT2D eigenvalue weighted by molar-refractivity contribution is 7.86. The fourth-order valence-electron chi connectivity index (χ4n) is 3.13. The monoisotopic (exact) mass is 336 g/mol. The highest BCUT2D eigenvalue weighted by Gasteiger charge is 2.32. The number of likely N-dealkylation sites (tertiary alicyclic amines) is 1. The van der Waals surface area contributed by atoms with Gasteiger partial charge in [-0.15, -0.1) is 3.89 Å². The minimum atomic E-state index is -4.54. The SMILES string of the molecule is O=C1CC(CS(=O)(=O)F)CN1CCc1cccc2cnccc12. The van der Waals surface area contributed by atoms with Gasteiger partial charge in [0.15, 0.2) is 0 Å². The Morgan fingerprint density at radius 1 is 1.30 bits per heavy atom. The summed E-state index contributed by atoms with van der Waals surface area (Å²) in [4.78, 5) is 17.7. The average Bonchev–Trinajstić information content (AvgIpc) is 2.82. The molecule has 3 rings (SSSR count). The van der Waals surface area contributed by atoms with Crippen molar-refractivity contribution in [2.75, 3.05) is 18.8 Å². The maximum atomic E-state index is 12.8. The third-order valence-corrected chi connectivity index (χ3v) is 5.02. The Kier molecular flexibility index (Phi) is 4.30. The molecule has 0 N–H and O–H groups in total. The van der Waals surface area contributed by atoms with Gasteiger partial charge in [-0.1, -0.05) is 18.2 Å². The average molecular weight is 336 g/mol. The van der Waals surface area contributed by atoms with E-state index in [4.69, 9.17) is 0 Å². The van der Waals surface area contributed by atoms with E-state index in [0.29, 0.717) is 19.5 Å². The van der Waals surface area contributed by atoms with Crippen LogP contribution in [0.15, 0.2) is 36.7 Å². The number of amides is 1. The predicted molar refractivity (Wildman–Crippen MR) is 85.0 cm³/mol. The standard InChI is InChI=1S/C16H17FN2O3S/c17-23(21,22)11-12-8-16(20)19(10-12)7-5-13-2-1-3-14-9-18-6-4-15(13)14/h1-4,6,9,12H,5,7-8,10-11H2. The van der Waals surface area contributed by atoms with Crippen molar-refractivity contribution in [1.29, 1.82) is 0 Å². The zero-order valence-corrected chi connectivity index (χ0v) is 13.3. The summed E-state index contributed by atoms with van der Waals surface area (Å²) in [5.74, 6) is -1.13. The van der Waals surface area contributed by atoms with Crippen LogP contribution in [0.25, 0.3) is 10.8 Å². The topological polar surface area (TPSA) is 67.3 Å². The molecule has 1 saturated heterocycles. The smallest absolute Gasteiger partial charge is 0.302 e. The molecule has 2 heterocycles. The molecule has 2 aromatic rings. The van der Waals surface area contributed by atoms with Gasteiger partial charge in [-0.05, 0) is 23.4 Å². The van der Waals surface area contributed by atoms with Crippen molar-refractivity contribution < 1.29 is 17.1 Å². The molecule has 0 spiro atoms. The molecule has 122 valence electrons. The van der Waals surface area contributed by atoms with E-state index < -0.39 is 21.9 Å². The molecule has 5 nitrogen and oxygen atoms in total. The van der Waals surface area contributed by atoms with Gasteiger partial charge < -0.3 is 4.90 Å². The first-order valence-electron chi connectivity index (χ1n) is 7.44. The summed E-state index contributed by atoms with van der Waals surface area (Å²) in [6.45, 7) is 0.803. The molecular weight excluding hydrogens is 319 g/mol. The molecule has 0 aliphatic carbocycles. The first-order chi connectivity index (χ1) is 10.9. The number of hydrogen-bond donors (Lipinski definition) is 0. The molecule has 0 saturated carbocycles. The molecule has 1 unspecified atom stereocenters. The Balaban J connectivity index is 1.67. The zero-order chi connectivity index (χ0) is 16.4. The lowest BCUT2D eigenvalue weighted by Gasteiger charge is -2.17. The van der Waals surface area contributed by atoms with Crippen molar-refractivity contribution in [3.8, 4) is 0 Å². The van der Waals surface area contributed by atoms with Crippen LogP contribution in [0.4, 0.5) is 3.89 Å². The van der Waals surface area contributed by atoms with E-state index in [2.05, 4.69) is 4.98 Å². The molecule has 1 aliphatic heterocycles. The number of pyridine rings is 1. The summed E-state index contributed by atoms with van der Waals surface area (Å²) in [6.07, 6.45) is 4.29. The van der Waals surface area contributed by atoms with E-state index >= 15 is 0 Å². The number of fused-ring (bicyclic) bond motifs is 1. The molecule has 7 heteroatoms. The minimum Gasteiger partial charge on any atom is -0.342 e. The molecule has 0 radical (unpaired) electrons. The number of rotatable bonds is 5. The third kappa shape index (κ3) is 3.85. The maximum absolute atomic E-state index is 12.8. The summed E-state index contributed by atoms with van der Waals surface area (Å²) in [6, 6.07) is 7.87. The minimum absolute atomic E-state index is 0.0998. The largest absolute Gasteiger partial charge is 0.342 e. The first-order valence-corrected chi connectivity index (χ1v) is 8.99. The molecule has 1 fully saturated rings. The van der Waals surface area contributed by atoms with Crippen LogP contribution in [0.2, 0.25) is 0 Å². The fourth-order valence-corrected chi connectivity index (χ4v) is 3.91. The lowest BCUT2D eigenvalue weighted by Crippen LogP contribution is -2.28. The van der Waals surface area contributed by atoms with Crippen molar-refractivity contribution in [3.63, 3.8) is 0 Å². The van der Waals surface area contributed by atoms with Gasteiger partial charge in [-0.2, -0.15) is 8.42 Å². The Hall–Kier alpha value is -2.02. The summed E-state index contributed by atoms with van der Waals surface area (Å²) in [7, 11) is -4.54. The molecule has 1 aliphatic rings. The van der Waals surface area contributed by atoms with Gasteiger partial charge in [-0.25, -0.2) is 0 Å². The molecular formula is C16H17FN2O3S. The second kappa shape index (κ2) is 6.23. The van der Waals surface area contributed by atoms with Crippen molar-refractivity contribution in [2.45, 2.75) is 12.8 Å². The molecule has 23 heavy (non-hydrogen) atoms. The Labute approximate surface area is 134 Å². The summed E-state index contributed by atoms with van der Waals surface area (Å²) >= 11 is 0. The van der Waals surface area contributed by atoms with Gasteiger partial charge in [0.1, 0.15) is 0 Å². The van der Waals surface area contributed by atoms with E-state index in [1.807, 2.05) is 24.3 Å². The number of aromatic nitrogens is 1. The lowest BCUT2D eigenvalue weighted by atomic mass is 10.0. The summed E-state index contributed by atoms with van der Waals surface area (Å²) in [5.41, 5.74) is 1.11. The van der Waals surface area contributed by atoms with Crippen LogP contribution in [-0.2, 0) is 21.4 Å². The molecule has 1 aromatic carbocycles. The van der Waals surface area contributed by atoms with Gasteiger partial charge >= 0.3 is 10.2 Å². The summed E-state index contributed by atoms with van der Waals surface area (Å²) < 4.78 is 34.2. The van der Waals surface area contributed by atoms with E-state index in [-0.39, 0.29) is 12.3 Å². The normalized spacial score (nSPS) is 18.7. The quantitative estimate of drug-likeness (QED) is 0.783. The zero-order valence-electron chi connectivity index (χ0n) is 12.5. The van der Waals surface area contributed by atoms with E-state index in [1.54, 1.807) is 17.3 Å². The van der Waals surface area contributed by atoms with Gasteiger partial charge in [0.05, 0.1) is 5.75 Å². The van der Waals surface area contributed by atoms with Crippen LogP contribution in [0, 0.1) is 5.92 Å². The fraction of sp³-hybridized carbons (Fsp3) is 0.375. The van der Waals surface area contributed by atoms with Crippen molar-refractivity contribution in [3.05, 3.63) is 42.2 Å². The second-order valence-electron chi connectivity index (χ2n) is 5.88. The Morgan fingerprint density at radius 2 is 2.13 bits per heavy atom. The molecule has 0 bridgehead atoms. The van der Waals surface area contributed by atoms with E-state index in [0.717, 1.165) is 16.3 Å². The molecule has 1 amide bonds. The van der Waals surface area contributed by atoms with Gasteiger partial charge in [-0.3, -0.25) is 9.78 Å². The molecule has 1 atom stereocenters. The number of hydrogen-bond acceptors (Lipinski definition) is 4. The van der Waals surface area contributed by atoms with Gasteiger partial charge in [0, 0.05) is 43.2 Å². The van der Waals surface area contributed by atoms with Crippen LogP contribution >= 0.6 is 0 Å². The van der Waals surface area contributed by atoms with Gasteiger partial charge in [0.2, 0.25) is 5.91 Å². The predicted octanol–water partition coefficient (Wildman–Crippen LogP) is 1.93. The number of carbonyl (C=O) groups is 1. The van der Waals surface area contributed by atoms with Crippen LogP contribution in [0.5, 0.6) is 0 Å². The number of nitrogens with zero attached hydrogens (tertiary/aromatic N) is 2. The van der Waals surface area contributed by atoms with Crippen LogP contribution < -0.4 is 0 Å². The van der Waals surface area contributed by atoms with Gasteiger partial charge in [0.25, 0.3) is 0 Å². The Bertz CT molecular complexity index is 833. The first kappa shape index (κ1) is 15.9. The van der Waals surface area contributed by atoms with Crippen molar-refractivity contribution >= 4 is 26.9 Å². The van der Waals surface area contributed by atoms with Crippen LogP contribution in [0.3, 0.4) is 0 Å². The van der Waals surface area contributed by atoms with Crippen LogP contribution in [-0.4, -0.2) is 43.1 Å². The highest BCUT2D eigenvalue weighted by atomic mass is 32.3. The summed E-state index contributed by atoms with van der Waals surface area (Å²) in [5, 5.41) is 2.14. The lowest BCUT2D eigenvalue weighted by molar-refractivity contribution is -0.127.